The largest absolute Gasteiger partial charge is 0.480 e. The third-order valence-electron chi connectivity index (χ3n) is 3.43. The second-order valence-electron chi connectivity index (χ2n) is 5.46. The van der Waals surface area contributed by atoms with Gasteiger partial charge in [0.25, 0.3) is 11.8 Å². The first-order valence-electron chi connectivity index (χ1n) is 7.74. The molecule has 0 radical (unpaired) electrons. The highest BCUT2D eigenvalue weighted by atomic mass is 19.1. The Bertz CT molecular complexity index is 832. The number of hydrogen-bond acceptors (Lipinski definition) is 3. The Labute approximate surface area is 149 Å². The van der Waals surface area contributed by atoms with Crippen LogP contribution in [0.4, 0.5) is 4.39 Å². The van der Waals surface area contributed by atoms with Crippen molar-refractivity contribution in [3.63, 3.8) is 0 Å². The molecule has 0 spiro atoms. The monoisotopic (exact) mass is 356 g/mol. The zero-order chi connectivity index (χ0) is 19.1. The molecule has 7 heteroatoms. The average molecular weight is 356 g/mol. The van der Waals surface area contributed by atoms with Crippen molar-refractivity contribution in [3.05, 3.63) is 77.2 Å². The molecule has 1 atom stereocenters. The number of amides is 2. The minimum Gasteiger partial charge on any atom is -0.480 e. The van der Waals surface area contributed by atoms with E-state index >= 15 is 0 Å². The van der Waals surface area contributed by atoms with Crippen molar-refractivity contribution in [2.45, 2.75) is 13.0 Å². The maximum absolute atomic E-state index is 13.0. The van der Waals surface area contributed by atoms with Crippen LogP contribution in [0.3, 0.4) is 0 Å². The van der Waals surface area contributed by atoms with Gasteiger partial charge in [0, 0.05) is 5.56 Å². The number of benzene rings is 2. The van der Waals surface area contributed by atoms with E-state index in [4.69, 9.17) is 5.11 Å². The molecule has 6 nitrogen and oxygen atoms in total. The number of aliphatic carboxylic acids is 1. The molecule has 134 valence electrons. The van der Waals surface area contributed by atoms with Gasteiger partial charge in [0.15, 0.2) is 0 Å². The van der Waals surface area contributed by atoms with Crippen LogP contribution in [0.25, 0.3) is 6.08 Å². The molecular formula is C19H17FN2O4. The second-order valence-corrected chi connectivity index (χ2v) is 5.46. The van der Waals surface area contributed by atoms with E-state index in [0.717, 1.165) is 0 Å². The smallest absolute Gasteiger partial charge is 0.325 e. The van der Waals surface area contributed by atoms with Crippen molar-refractivity contribution in [1.82, 2.24) is 10.6 Å². The Hall–Kier alpha value is -3.48. The number of rotatable bonds is 6. The number of nitrogens with one attached hydrogen (secondary N) is 2. The SMILES string of the molecule is C[C@H](NC(=O)/C(=C/c1ccc(F)cc1)NC(=O)c1ccccc1)C(=O)O. The Balaban J connectivity index is 2.28. The van der Waals surface area contributed by atoms with Gasteiger partial charge in [0.2, 0.25) is 0 Å². The van der Waals surface area contributed by atoms with E-state index in [1.54, 1.807) is 30.3 Å². The molecule has 0 bridgehead atoms. The predicted octanol–water partition coefficient (Wildman–Crippen LogP) is 2.19. The Kier molecular flexibility index (Phi) is 6.21. The molecule has 0 saturated heterocycles. The summed E-state index contributed by atoms with van der Waals surface area (Å²) in [5.41, 5.74) is 0.642. The maximum atomic E-state index is 13.0. The van der Waals surface area contributed by atoms with Gasteiger partial charge in [-0.25, -0.2) is 4.39 Å². The minimum absolute atomic E-state index is 0.154. The van der Waals surface area contributed by atoms with E-state index in [9.17, 15) is 18.8 Å². The summed E-state index contributed by atoms with van der Waals surface area (Å²) in [6.45, 7) is 1.30. The lowest BCUT2D eigenvalue weighted by Crippen LogP contribution is -2.42. The van der Waals surface area contributed by atoms with Crippen LogP contribution in [0.1, 0.15) is 22.8 Å². The highest BCUT2D eigenvalue weighted by Crippen LogP contribution is 2.09. The van der Waals surface area contributed by atoms with Gasteiger partial charge in [-0.15, -0.1) is 0 Å². The fraction of sp³-hybridized carbons (Fsp3) is 0.105. The molecular weight excluding hydrogens is 339 g/mol. The molecule has 0 fully saturated rings. The Morgan fingerprint density at radius 2 is 1.65 bits per heavy atom. The van der Waals surface area contributed by atoms with Crippen LogP contribution >= 0.6 is 0 Å². The summed E-state index contributed by atoms with van der Waals surface area (Å²) in [6.07, 6.45) is 1.34. The van der Waals surface area contributed by atoms with Crippen LogP contribution in [0.5, 0.6) is 0 Å². The van der Waals surface area contributed by atoms with Gasteiger partial charge >= 0.3 is 5.97 Å². The van der Waals surface area contributed by atoms with Crippen LogP contribution in [0.2, 0.25) is 0 Å². The third kappa shape index (κ3) is 5.27. The van der Waals surface area contributed by atoms with E-state index < -0.39 is 29.6 Å². The molecule has 26 heavy (non-hydrogen) atoms. The highest BCUT2D eigenvalue weighted by Gasteiger charge is 2.19. The highest BCUT2D eigenvalue weighted by molar-refractivity contribution is 6.06. The minimum atomic E-state index is -1.21. The van der Waals surface area contributed by atoms with Gasteiger partial charge in [-0.2, -0.15) is 0 Å². The van der Waals surface area contributed by atoms with E-state index in [0.29, 0.717) is 11.1 Å². The fourth-order valence-electron chi connectivity index (χ4n) is 2.00. The quantitative estimate of drug-likeness (QED) is 0.692. The van der Waals surface area contributed by atoms with Crippen molar-refractivity contribution in [1.29, 1.82) is 0 Å². The van der Waals surface area contributed by atoms with Crippen LogP contribution in [0, 0.1) is 5.82 Å². The number of carboxylic acids is 1. The first-order chi connectivity index (χ1) is 12.4. The molecule has 0 heterocycles. The lowest BCUT2D eigenvalue weighted by molar-refractivity contribution is -0.140. The summed E-state index contributed by atoms with van der Waals surface area (Å²) in [5.74, 6) is -2.96. The van der Waals surface area contributed by atoms with Crippen molar-refractivity contribution in [2.24, 2.45) is 0 Å². The Morgan fingerprint density at radius 3 is 2.23 bits per heavy atom. The maximum Gasteiger partial charge on any atom is 0.325 e. The zero-order valence-corrected chi connectivity index (χ0v) is 13.9. The zero-order valence-electron chi connectivity index (χ0n) is 13.9. The summed E-state index contributed by atoms with van der Waals surface area (Å²) in [4.78, 5) is 35.6. The lowest BCUT2D eigenvalue weighted by Gasteiger charge is -2.13. The van der Waals surface area contributed by atoms with Gasteiger partial charge in [-0.05, 0) is 42.8 Å². The number of halogens is 1. The second kappa shape index (κ2) is 8.57. The standard InChI is InChI=1S/C19H17FN2O4/c1-12(19(25)26)21-18(24)16(11-13-7-9-15(20)10-8-13)22-17(23)14-5-3-2-4-6-14/h2-12H,1H3,(H,21,24)(H,22,23)(H,25,26)/b16-11-/t12-/m0/s1. The molecule has 0 aliphatic rings. The van der Waals surface area contributed by atoms with Crippen LogP contribution in [0.15, 0.2) is 60.3 Å². The van der Waals surface area contributed by atoms with Crippen LogP contribution in [-0.4, -0.2) is 28.9 Å². The number of carboxylic acid groups (broad SMARTS) is 1. The number of hydrogen-bond donors (Lipinski definition) is 3. The molecule has 0 aliphatic heterocycles. The van der Waals surface area contributed by atoms with Crippen LogP contribution in [-0.2, 0) is 9.59 Å². The molecule has 2 aromatic rings. The van der Waals surface area contributed by atoms with Crippen molar-refractivity contribution in [2.75, 3.05) is 0 Å². The molecule has 2 amide bonds. The molecule has 0 aromatic heterocycles. The molecule has 0 aliphatic carbocycles. The first kappa shape index (κ1) is 18.9. The van der Waals surface area contributed by atoms with Crippen molar-refractivity contribution < 1.29 is 23.9 Å². The van der Waals surface area contributed by atoms with Gasteiger partial charge in [0.1, 0.15) is 17.6 Å². The van der Waals surface area contributed by atoms with Crippen molar-refractivity contribution >= 4 is 23.9 Å². The summed E-state index contributed by atoms with van der Waals surface area (Å²) >= 11 is 0. The number of carbonyl (C=O) groups is 3. The normalized spacial score (nSPS) is 12.2. The van der Waals surface area contributed by atoms with E-state index in [1.165, 1.54) is 37.3 Å². The summed E-state index contributed by atoms with van der Waals surface area (Å²) in [5, 5.41) is 13.7. The van der Waals surface area contributed by atoms with Crippen molar-refractivity contribution in [3.8, 4) is 0 Å². The van der Waals surface area contributed by atoms with Gasteiger partial charge in [-0.1, -0.05) is 30.3 Å². The first-order valence-corrected chi connectivity index (χ1v) is 7.74. The summed E-state index contributed by atoms with van der Waals surface area (Å²) in [7, 11) is 0. The van der Waals surface area contributed by atoms with Gasteiger partial charge in [-0.3, -0.25) is 14.4 Å². The van der Waals surface area contributed by atoms with Gasteiger partial charge < -0.3 is 15.7 Å². The van der Waals surface area contributed by atoms with E-state index in [2.05, 4.69) is 10.6 Å². The third-order valence-corrected chi connectivity index (χ3v) is 3.43. The molecule has 2 rings (SSSR count). The molecule has 2 aromatic carbocycles. The predicted molar refractivity (Wildman–Crippen MR) is 93.5 cm³/mol. The lowest BCUT2D eigenvalue weighted by atomic mass is 10.1. The van der Waals surface area contributed by atoms with Crippen LogP contribution < -0.4 is 10.6 Å². The van der Waals surface area contributed by atoms with Gasteiger partial charge in [0.05, 0.1) is 0 Å². The molecule has 0 unspecified atom stereocenters. The fourth-order valence-corrected chi connectivity index (χ4v) is 2.00. The topological polar surface area (TPSA) is 95.5 Å². The molecule has 3 N–H and O–H groups in total. The molecule has 0 saturated carbocycles. The summed E-state index contributed by atoms with van der Waals surface area (Å²) in [6, 6.07) is 12.4. The van der Waals surface area contributed by atoms with E-state index in [-0.39, 0.29) is 5.70 Å². The summed E-state index contributed by atoms with van der Waals surface area (Å²) < 4.78 is 13.0. The van der Waals surface area contributed by atoms with E-state index in [1.807, 2.05) is 0 Å². The number of carbonyl (C=O) groups excluding carboxylic acids is 2. The average Bonchev–Trinajstić information content (AvgIpc) is 2.63. The Morgan fingerprint density at radius 1 is 1.04 bits per heavy atom.